The van der Waals surface area contributed by atoms with Gasteiger partial charge in [0.05, 0.1) is 17.0 Å². The molecule has 1 aliphatic heterocycles. The van der Waals surface area contributed by atoms with Crippen LogP contribution in [0.3, 0.4) is 0 Å². The number of amides is 2. The molecule has 2 aromatic rings. The van der Waals surface area contributed by atoms with E-state index in [0.717, 1.165) is 17.5 Å². The number of hydrogen-bond donors (Lipinski definition) is 0. The fourth-order valence-electron chi connectivity index (χ4n) is 3.02. The van der Waals surface area contributed by atoms with Crippen molar-refractivity contribution in [3.8, 4) is 0 Å². The van der Waals surface area contributed by atoms with E-state index in [1.54, 1.807) is 31.2 Å². The van der Waals surface area contributed by atoms with Crippen LogP contribution < -0.4 is 0 Å². The number of rotatable bonds is 5. The van der Waals surface area contributed by atoms with Crippen molar-refractivity contribution in [3.63, 3.8) is 0 Å². The van der Waals surface area contributed by atoms with Crippen molar-refractivity contribution < 1.29 is 19.2 Å². The Morgan fingerprint density at radius 3 is 2.15 bits per heavy atom. The number of hydroxylamine groups is 2. The van der Waals surface area contributed by atoms with Crippen molar-refractivity contribution in [2.75, 3.05) is 0 Å². The fourth-order valence-corrected chi connectivity index (χ4v) is 3.02. The lowest BCUT2D eigenvalue weighted by atomic mass is 9.95. The second kappa shape index (κ2) is 7.12. The standard InChI is InChI=1S/C21H21NO4/c1-13(2)11-15-7-6-8-16(12-15)14(3)21(25)26-22-19(23)17-9-4-5-10-18(17)20(22)24/h4-10,12-14H,11H2,1-3H3. The summed E-state index contributed by atoms with van der Waals surface area (Å²) < 4.78 is 0. The number of carbonyl (C=O) groups excluding carboxylic acids is 3. The lowest BCUT2D eigenvalue weighted by Gasteiger charge is -2.17. The maximum atomic E-state index is 12.5. The van der Waals surface area contributed by atoms with Gasteiger partial charge in [0.2, 0.25) is 0 Å². The van der Waals surface area contributed by atoms with Gasteiger partial charge in [0, 0.05) is 0 Å². The Bertz CT molecular complexity index is 837. The number of imide groups is 1. The number of nitrogens with zero attached hydrogens (tertiary/aromatic N) is 1. The molecule has 0 aromatic heterocycles. The molecule has 1 aliphatic rings. The molecule has 0 aliphatic carbocycles. The van der Waals surface area contributed by atoms with E-state index in [-0.39, 0.29) is 11.1 Å². The summed E-state index contributed by atoms with van der Waals surface area (Å²) in [6.07, 6.45) is 0.911. The average molecular weight is 351 g/mol. The second-order valence-electron chi connectivity index (χ2n) is 6.93. The van der Waals surface area contributed by atoms with Crippen molar-refractivity contribution in [1.82, 2.24) is 5.06 Å². The first-order chi connectivity index (χ1) is 12.4. The Labute approximate surface area is 152 Å². The maximum Gasteiger partial charge on any atom is 0.340 e. The van der Waals surface area contributed by atoms with Crippen LogP contribution in [0.5, 0.6) is 0 Å². The third kappa shape index (κ3) is 3.38. The first-order valence-corrected chi connectivity index (χ1v) is 8.67. The fraction of sp³-hybridized carbons (Fsp3) is 0.286. The molecule has 1 unspecified atom stereocenters. The summed E-state index contributed by atoms with van der Waals surface area (Å²) in [4.78, 5) is 42.3. The maximum absolute atomic E-state index is 12.5. The van der Waals surface area contributed by atoms with E-state index in [1.807, 2.05) is 24.3 Å². The van der Waals surface area contributed by atoms with Crippen LogP contribution in [0.1, 0.15) is 58.5 Å². The SMILES string of the molecule is CC(C)Cc1cccc(C(C)C(=O)ON2C(=O)c3ccccc3C2=O)c1. The highest BCUT2D eigenvalue weighted by molar-refractivity contribution is 6.20. The summed E-state index contributed by atoms with van der Waals surface area (Å²) >= 11 is 0. The molecule has 1 atom stereocenters. The Morgan fingerprint density at radius 2 is 1.58 bits per heavy atom. The van der Waals surface area contributed by atoms with E-state index in [2.05, 4.69) is 13.8 Å². The van der Waals surface area contributed by atoms with E-state index < -0.39 is 23.7 Å². The summed E-state index contributed by atoms with van der Waals surface area (Å²) in [7, 11) is 0. The van der Waals surface area contributed by atoms with Crippen molar-refractivity contribution in [1.29, 1.82) is 0 Å². The largest absolute Gasteiger partial charge is 0.340 e. The minimum absolute atomic E-state index is 0.247. The number of carbonyl (C=O) groups is 3. The van der Waals surface area contributed by atoms with Crippen molar-refractivity contribution >= 4 is 17.8 Å². The summed E-state index contributed by atoms with van der Waals surface area (Å²) in [6, 6.07) is 14.2. The molecular formula is C21H21NO4. The van der Waals surface area contributed by atoms with Gasteiger partial charge in [0.25, 0.3) is 11.8 Å². The average Bonchev–Trinajstić information content (AvgIpc) is 2.86. The van der Waals surface area contributed by atoms with Crippen molar-refractivity contribution in [2.45, 2.75) is 33.1 Å². The van der Waals surface area contributed by atoms with E-state index >= 15 is 0 Å². The topological polar surface area (TPSA) is 63.7 Å². The van der Waals surface area contributed by atoms with E-state index in [4.69, 9.17) is 4.84 Å². The van der Waals surface area contributed by atoms with Gasteiger partial charge in [-0.15, -0.1) is 0 Å². The summed E-state index contributed by atoms with van der Waals surface area (Å²) in [5.74, 6) is -1.95. The molecule has 2 aromatic carbocycles. The highest BCUT2D eigenvalue weighted by Crippen LogP contribution is 2.25. The zero-order valence-corrected chi connectivity index (χ0v) is 15.1. The zero-order chi connectivity index (χ0) is 18.8. The predicted molar refractivity (Wildman–Crippen MR) is 96.4 cm³/mol. The van der Waals surface area contributed by atoms with Crippen LogP contribution in [0, 0.1) is 5.92 Å². The molecule has 134 valence electrons. The van der Waals surface area contributed by atoms with Crippen molar-refractivity contribution in [3.05, 3.63) is 70.8 Å². The number of benzene rings is 2. The summed E-state index contributed by atoms with van der Waals surface area (Å²) in [5, 5.41) is 0.557. The van der Waals surface area contributed by atoms with Gasteiger partial charge in [-0.3, -0.25) is 9.59 Å². The molecule has 26 heavy (non-hydrogen) atoms. The summed E-state index contributed by atoms with van der Waals surface area (Å²) in [5.41, 5.74) is 2.43. The number of hydrogen-bond acceptors (Lipinski definition) is 4. The van der Waals surface area contributed by atoms with Crippen LogP contribution in [0.15, 0.2) is 48.5 Å². The molecule has 5 nitrogen and oxygen atoms in total. The molecule has 0 saturated heterocycles. The van der Waals surface area contributed by atoms with Crippen LogP contribution in [0.25, 0.3) is 0 Å². The molecule has 0 saturated carbocycles. The van der Waals surface area contributed by atoms with Crippen molar-refractivity contribution in [2.24, 2.45) is 5.92 Å². The van der Waals surface area contributed by atoms with Crippen LogP contribution in [-0.2, 0) is 16.1 Å². The second-order valence-corrected chi connectivity index (χ2v) is 6.93. The van der Waals surface area contributed by atoms with Gasteiger partial charge < -0.3 is 4.84 Å². The third-order valence-electron chi connectivity index (χ3n) is 4.39. The number of fused-ring (bicyclic) bond motifs is 1. The molecule has 0 radical (unpaired) electrons. The highest BCUT2D eigenvalue weighted by Gasteiger charge is 2.39. The molecule has 2 amide bonds. The van der Waals surface area contributed by atoms with Gasteiger partial charge in [0.1, 0.15) is 0 Å². The van der Waals surface area contributed by atoms with E-state index in [9.17, 15) is 14.4 Å². The smallest absolute Gasteiger partial charge is 0.329 e. The Hall–Kier alpha value is -2.95. The molecular weight excluding hydrogens is 330 g/mol. The lowest BCUT2D eigenvalue weighted by Crippen LogP contribution is -2.34. The normalized spacial score (nSPS) is 14.5. The zero-order valence-electron chi connectivity index (χ0n) is 15.1. The van der Waals surface area contributed by atoms with Gasteiger partial charge >= 0.3 is 5.97 Å². The Balaban J connectivity index is 1.75. The van der Waals surface area contributed by atoms with Crippen LogP contribution >= 0.6 is 0 Å². The predicted octanol–water partition coefficient (Wildman–Crippen LogP) is 3.74. The van der Waals surface area contributed by atoms with Gasteiger partial charge in [0.15, 0.2) is 0 Å². The monoisotopic (exact) mass is 351 g/mol. The molecule has 0 spiro atoms. The molecule has 0 N–H and O–H groups in total. The molecule has 1 heterocycles. The van der Waals surface area contributed by atoms with Crippen LogP contribution in [0.2, 0.25) is 0 Å². The molecule has 3 rings (SSSR count). The van der Waals surface area contributed by atoms with Gasteiger partial charge in [-0.25, -0.2) is 4.79 Å². The van der Waals surface area contributed by atoms with Gasteiger partial charge in [-0.05, 0) is 42.5 Å². The first kappa shape index (κ1) is 17.9. The Kier molecular flexibility index (Phi) is 4.89. The van der Waals surface area contributed by atoms with E-state index in [1.165, 1.54) is 0 Å². The minimum Gasteiger partial charge on any atom is -0.329 e. The third-order valence-corrected chi connectivity index (χ3v) is 4.39. The quantitative estimate of drug-likeness (QED) is 0.770. The first-order valence-electron chi connectivity index (χ1n) is 8.67. The minimum atomic E-state index is -0.638. The summed E-state index contributed by atoms with van der Waals surface area (Å²) in [6.45, 7) is 5.97. The van der Waals surface area contributed by atoms with Gasteiger partial charge in [-0.2, -0.15) is 0 Å². The molecule has 0 fully saturated rings. The molecule has 5 heteroatoms. The Morgan fingerprint density at radius 1 is 0.962 bits per heavy atom. The molecule has 0 bridgehead atoms. The van der Waals surface area contributed by atoms with Crippen LogP contribution in [-0.4, -0.2) is 22.8 Å². The lowest BCUT2D eigenvalue weighted by molar-refractivity contribution is -0.170. The van der Waals surface area contributed by atoms with E-state index in [0.29, 0.717) is 11.0 Å². The van der Waals surface area contributed by atoms with Crippen LogP contribution in [0.4, 0.5) is 0 Å². The van der Waals surface area contributed by atoms with Gasteiger partial charge in [-0.1, -0.05) is 55.3 Å². The highest BCUT2D eigenvalue weighted by atomic mass is 16.7.